The van der Waals surface area contributed by atoms with Crippen molar-refractivity contribution in [1.82, 2.24) is 5.32 Å². The zero-order valence-electron chi connectivity index (χ0n) is 11.9. The van der Waals surface area contributed by atoms with Crippen molar-refractivity contribution in [2.75, 3.05) is 13.6 Å². The van der Waals surface area contributed by atoms with Crippen LogP contribution in [0, 0.1) is 5.92 Å². The van der Waals surface area contributed by atoms with E-state index in [4.69, 9.17) is 0 Å². The molecule has 1 aliphatic carbocycles. The van der Waals surface area contributed by atoms with Crippen molar-refractivity contribution in [3.8, 4) is 0 Å². The quantitative estimate of drug-likeness (QED) is 0.786. The molecule has 1 nitrogen and oxygen atoms in total. The number of nitrogens with one attached hydrogen (secondary N) is 1. The molecule has 0 aromatic heterocycles. The molecule has 1 aromatic rings. The SMILES string of the molecule is CCc1ccc(C2CCCCCC2CNC)cc1. The van der Waals surface area contributed by atoms with E-state index in [0.29, 0.717) is 0 Å². The van der Waals surface area contributed by atoms with Gasteiger partial charge in [0.25, 0.3) is 0 Å². The molecule has 18 heavy (non-hydrogen) atoms. The summed E-state index contributed by atoms with van der Waals surface area (Å²) in [5.41, 5.74) is 3.02. The molecule has 0 radical (unpaired) electrons. The fourth-order valence-electron chi connectivity index (χ4n) is 3.33. The molecule has 1 aliphatic rings. The lowest BCUT2D eigenvalue weighted by molar-refractivity contribution is 0.386. The minimum absolute atomic E-state index is 0.769. The molecule has 2 atom stereocenters. The highest BCUT2D eigenvalue weighted by Crippen LogP contribution is 2.36. The first kappa shape index (κ1) is 13.6. The van der Waals surface area contributed by atoms with Crippen LogP contribution in [0.2, 0.25) is 0 Å². The van der Waals surface area contributed by atoms with E-state index < -0.39 is 0 Å². The van der Waals surface area contributed by atoms with Crippen LogP contribution in [0.15, 0.2) is 24.3 Å². The number of aryl methyl sites for hydroxylation is 1. The molecule has 100 valence electrons. The van der Waals surface area contributed by atoms with Gasteiger partial charge in [-0.15, -0.1) is 0 Å². The lowest BCUT2D eigenvalue weighted by atomic mass is 9.82. The maximum absolute atomic E-state index is 3.39. The van der Waals surface area contributed by atoms with Crippen molar-refractivity contribution >= 4 is 0 Å². The molecule has 0 saturated heterocycles. The van der Waals surface area contributed by atoms with Crippen molar-refractivity contribution in [2.24, 2.45) is 5.92 Å². The van der Waals surface area contributed by atoms with Crippen LogP contribution in [0.5, 0.6) is 0 Å². The Kier molecular flexibility index (Phi) is 5.25. The molecule has 0 spiro atoms. The van der Waals surface area contributed by atoms with Crippen LogP contribution in [-0.4, -0.2) is 13.6 Å². The first-order valence-electron chi connectivity index (χ1n) is 7.58. The third-order valence-corrected chi connectivity index (χ3v) is 4.44. The average molecular weight is 245 g/mol. The molecule has 0 bridgehead atoms. The van der Waals surface area contributed by atoms with Gasteiger partial charge >= 0.3 is 0 Å². The van der Waals surface area contributed by atoms with E-state index in [1.165, 1.54) is 44.2 Å². The second kappa shape index (κ2) is 6.94. The maximum atomic E-state index is 3.39. The van der Waals surface area contributed by atoms with Crippen LogP contribution in [0.25, 0.3) is 0 Å². The van der Waals surface area contributed by atoms with E-state index in [9.17, 15) is 0 Å². The molecular formula is C17H27N. The van der Waals surface area contributed by atoms with Gasteiger partial charge in [-0.2, -0.15) is 0 Å². The predicted molar refractivity (Wildman–Crippen MR) is 79.1 cm³/mol. The van der Waals surface area contributed by atoms with Crippen molar-refractivity contribution < 1.29 is 0 Å². The lowest BCUT2D eigenvalue weighted by Gasteiger charge is -2.25. The van der Waals surface area contributed by atoms with Crippen molar-refractivity contribution in [3.05, 3.63) is 35.4 Å². The van der Waals surface area contributed by atoms with Crippen LogP contribution in [0.1, 0.15) is 56.1 Å². The van der Waals surface area contributed by atoms with E-state index >= 15 is 0 Å². The zero-order chi connectivity index (χ0) is 12.8. The van der Waals surface area contributed by atoms with Crippen molar-refractivity contribution in [3.63, 3.8) is 0 Å². The predicted octanol–water partition coefficient (Wildman–Crippen LogP) is 4.13. The van der Waals surface area contributed by atoms with Gasteiger partial charge in [-0.25, -0.2) is 0 Å². The lowest BCUT2D eigenvalue weighted by Crippen LogP contribution is -2.24. The summed E-state index contributed by atoms with van der Waals surface area (Å²) < 4.78 is 0. The van der Waals surface area contributed by atoms with Gasteiger partial charge < -0.3 is 5.32 Å². The number of hydrogen-bond donors (Lipinski definition) is 1. The third kappa shape index (κ3) is 3.35. The van der Waals surface area contributed by atoms with E-state index in [0.717, 1.165) is 18.3 Å². The summed E-state index contributed by atoms with van der Waals surface area (Å²) in [7, 11) is 2.09. The molecule has 1 heteroatoms. The van der Waals surface area contributed by atoms with Gasteiger partial charge in [-0.05, 0) is 55.8 Å². The molecule has 2 unspecified atom stereocenters. The molecule has 0 amide bonds. The summed E-state index contributed by atoms with van der Waals surface area (Å²) in [4.78, 5) is 0. The van der Waals surface area contributed by atoms with Crippen LogP contribution >= 0.6 is 0 Å². The average Bonchev–Trinajstić information content (AvgIpc) is 2.65. The highest BCUT2D eigenvalue weighted by Gasteiger charge is 2.24. The van der Waals surface area contributed by atoms with Gasteiger partial charge in [0, 0.05) is 0 Å². The highest BCUT2D eigenvalue weighted by atomic mass is 14.8. The Morgan fingerprint density at radius 1 is 1.06 bits per heavy atom. The Morgan fingerprint density at radius 2 is 1.78 bits per heavy atom. The normalized spacial score (nSPS) is 24.8. The summed E-state index contributed by atoms with van der Waals surface area (Å²) in [6.45, 7) is 3.39. The highest BCUT2D eigenvalue weighted by molar-refractivity contribution is 5.26. The molecule has 1 fully saturated rings. The smallest absolute Gasteiger partial charge is 0.00177 e. The second-order valence-electron chi connectivity index (χ2n) is 5.66. The van der Waals surface area contributed by atoms with Crippen LogP contribution in [-0.2, 0) is 6.42 Å². The van der Waals surface area contributed by atoms with Gasteiger partial charge in [0.1, 0.15) is 0 Å². The molecule has 1 N–H and O–H groups in total. The Balaban J connectivity index is 2.14. The molecule has 2 rings (SSSR count). The van der Waals surface area contributed by atoms with Crippen LogP contribution < -0.4 is 5.32 Å². The number of hydrogen-bond acceptors (Lipinski definition) is 1. The third-order valence-electron chi connectivity index (χ3n) is 4.44. The largest absolute Gasteiger partial charge is 0.319 e. The Bertz CT molecular complexity index is 341. The van der Waals surface area contributed by atoms with Gasteiger partial charge in [0.15, 0.2) is 0 Å². The monoisotopic (exact) mass is 245 g/mol. The minimum Gasteiger partial charge on any atom is -0.319 e. The maximum Gasteiger partial charge on any atom is -0.00177 e. The fraction of sp³-hybridized carbons (Fsp3) is 0.647. The molecule has 1 aromatic carbocycles. The van der Waals surface area contributed by atoms with Crippen molar-refractivity contribution in [1.29, 1.82) is 0 Å². The second-order valence-corrected chi connectivity index (χ2v) is 5.66. The Hall–Kier alpha value is -0.820. The topological polar surface area (TPSA) is 12.0 Å². The van der Waals surface area contributed by atoms with Gasteiger partial charge in [-0.1, -0.05) is 50.5 Å². The van der Waals surface area contributed by atoms with E-state index in [2.05, 4.69) is 43.6 Å². The summed E-state index contributed by atoms with van der Waals surface area (Å²) in [5.74, 6) is 1.59. The van der Waals surface area contributed by atoms with Crippen molar-refractivity contribution in [2.45, 2.75) is 51.4 Å². The van der Waals surface area contributed by atoms with Gasteiger partial charge in [-0.3, -0.25) is 0 Å². The molecule has 0 aliphatic heterocycles. The summed E-state index contributed by atoms with van der Waals surface area (Å²) in [6, 6.07) is 9.38. The van der Waals surface area contributed by atoms with E-state index in [1.807, 2.05) is 0 Å². The molecule has 0 heterocycles. The summed E-state index contributed by atoms with van der Waals surface area (Å²) in [5, 5.41) is 3.39. The minimum atomic E-state index is 0.769. The summed E-state index contributed by atoms with van der Waals surface area (Å²) in [6.07, 6.45) is 8.14. The van der Waals surface area contributed by atoms with E-state index in [-0.39, 0.29) is 0 Å². The molecule has 1 saturated carbocycles. The Labute approximate surface area is 112 Å². The fourth-order valence-corrected chi connectivity index (χ4v) is 3.33. The molecular weight excluding hydrogens is 218 g/mol. The standard InChI is InChI=1S/C17H27N/c1-3-14-9-11-15(12-10-14)17-8-6-4-5-7-16(17)13-18-2/h9-12,16-18H,3-8,13H2,1-2H3. The number of rotatable bonds is 4. The van der Waals surface area contributed by atoms with E-state index in [1.54, 1.807) is 5.56 Å². The summed E-state index contributed by atoms with van der Waals surface area (Å²) >= 11 is 0. The Morgan fingerprint density at radius 3 is 2.44 bits per heavy atom. The number of benzene rings is 1. The van der Waals surface area contributed by atoms with Gasteiger partial charge in [0.05, 0.1) is 0 Å². The first-order valence-corrected chi connectivity index (χ1v) is 7.58. The van der Waals surface area contributed by atoms with Gasteiger partial charge in [0.2, 0.25) is 0 Å². The van der Waals surface area contributed by atoms with Crippen LogP contribution in [0.3, 0.4) is 0 Å². The first-order chi connectivity index (χ1) is 8.85. The van der Waals surface area contributed by atoms with Crippen LogP contribution in [0.4, 0.5) is 0 Å². The zero-order valence-corrected chi connectivity index (χ0v) is 11.9.